The molecule has 0 aliphatic heterocycles. The van der Waals surface area contributed by atoms with E-state index < -0.39 is 11.7 Å². The normalized spacial score (nSPS) is 16.6. The molecule has 0 amide bonds. The molecular formula is C15H19ClF3N. The van der Waals surface area contributed by atoms with Crippen molar-refractivity contribution in [3.63, 3.8) is 0 Å². The standard InChI is InChI=1S/C15H19ClF3N/c1-2-20(12-5-3-4-6-12)14-8-7-11(10-16)9-13(14)15(17,18)19/h7-9,12H,2-6,10H2,1H3. The number of halogens is 4. The highest BCUT2D eigenvalue weighted by molar-refractivity contribution is 6.17. The Balaban J connectivity index is 2.42. The number of nitrogens with zero attached hydrogens (tertiary/aromatic N) is 1. The topological polar surface area (TPSA) is 3.24 Å². The summed E-state index contributed by atoms with van der Waals surface area (Å²) in [6.07, 6.45) is -0.196. The van der Waals surface area contributed by atoms with E-state index in [0.717, 1.165) is 25.7 Å². The molecule has 112 valence electrons. The molecule has 0 N–H and O–H groups in total. The molecule has 0 atom stereocenters. The second-order valence-corrected chi connectivity index (χ2v) is 5.47. The molecule has 1 nitrogen and oxygen atoms in total. The van der Waals surface area contributed by atoms with Crippen LogP contribution in [0.1, 0.15) is 43.7 Å². The Bertz CT molecular complexity index is 453. The van der Waals surface area contributed by atoms with Gasteiger partial charge in [0.05, 0.1) is 5.56 Å². The van der Waals surface area contributed by atoms with Gasteiger partial charge in [-0.3, -0.25) is 0 Å². The third-order valence-corrected chi connectivity index (χ3v) is 4.24. The van der Waals surface area contributed by atoms with Gasteiger partial charge in [0.1, 0.15) is 0 Å². The van der Waals surface area contributed by atoms with E-state index in [0.29, 0.717) is 17.8 Å². The van der Waals surface area contributed by atoms with Crippen molar-refractivity contribution in [3.8, 4) is 0 Å². The summed E-state index contributed by atoms with van der Waals surface area (Å²) < 4.78 is 39.8. The van der Waals surface area contributed by atoms with E-state index in [4.69, 9.17) is 11.6 Å². The number of hydrogen-bond donors (Lipinski definition) is 0. The predicted octanol–water partition coefficient (Wildman–Crippen LogP) is 5.21. The van der Waals surface area contributed by atoms with Gasteiger partial charge in [0.25, 0.3) is 0 Å². The van der Waals surface area contributed by atoms with Crippen molar-refractivity contribution in [3.05, 3.63) is 29.3 Å². The minimum Gasteiger partial charge on any atom is -0.368 e. The van der Waals surface area contributed by atoms with Crippen LogP contribution in [0.3, 0.4) is 0 Å². The fourth-order valence-corrected chi connectivity index (χ4v) is 3.15. The van der Waals surface area contributed by atoms with Gasteiger partial charge < -0.3 is 4.90 Å². The highest BCUT2D eigenvalue weighted by Crippen LogP contribution is 2.39. The van der Waals surface area contributed by atoms with Crippen molar-refractivity contribution in [1.29, 1.82) is 0 Å². The first kappa shape index (κ1) is 15.5. The van der Waals surface area contributed by atoms with Gasteiger partial charge in [-0.2, -0.15) is 13.2 Å². The average molecular weight is 306 g/mol. The predicted molar refractivity (Wildman–Crippen MR) is 76.3 cm³/mol. The number of benzene rings is 1. The molecule has 1 fully saturated rings. The molecule has 1 aromatic carbocycles. The van der Waals surface area contributed by atoms with Crippen LogP contribution >= 0.6 is 11.6 Å². The Morgan fingerprint density at radius 3 is 2.40 bits per heavy atom. The van der Waals surface area contributed by atoms with Crippen LogP contribution in [0.15, 0.2) is 18.2 Å². The zero-order valence-electron chi connectivity index (χ0n) is 11.5. The summed E-state index contributed by atoms with van der Waals surface area (Å²) in [5.74, 6) is 0.0961. The smallest absolute Gasteiger partial charge is 0.368 e. The van der Waals surface area contributed by atoms with E-state index in [1.807, 2.05) is 11.8 Å². The summed E-state index contributed by atoms with van der Waals surface area (Å²) in [6.45, 7) is 2.50. The van der Waals surface area contributed by atoms with E-state index in [9.17, 15) is 13.2 Å². The second-order valence-electron chi connectivity index (χ2n) is 5.21. The van der Waals surface area contributed by atoms with Gasteiger partial charge in [-0.25, -0.2) is 0 Å². The van der Waals surface area contributed by atoms with Gasteiger partial charge in [-0.15, -0.1) is 11.6 Å². The molecule has 0 heterocycles. The van der Waals surface area contributed by atoms with Gasteiger partial charge in [0.2, 0.25) is 0 Å². The maximum absolute atomic E-state index is 13.3. The Morgan fingerprint density at radius 1 is 1.25 bits per heavy atom. The van der Waals surface area contributed by atoms with Gasteiger partial charge >= 0.3 is 6.18 Å². The van der Waals surface area contributed by atoms with Crippen molar-refractivity contribution in [2.45, 2.75) is 50.7 Å². The number of alkyl halides is 4. The fraction of sp³-hybridized carbons (Fsp3) is 0.600. The molecular weight excluding hydrogens is 287 g/mol. The van der Waals surface area contributed by atoms with Gasteiger partial charge in [-0.05, 0) is 37.5 Å². The number of anilines is 1. The third kappa shape index (κ3) is 3.22. The third-order valence-electron chi connectivity index (χ3n) is 3.94. The Hall–Kier alpha value is -0.900. The lowest BCUT2D eigenvalue weighted by Crippen LogP contribution is -2.34. The Kier molecular flexibility index (Phi) is 4.84. The van der Waals surface area contributed by atoms with Crippen LogP contribution < -0.4 is 4.90 Å². The quantitative estimate of drug-likeness (QED) is 0.690. The van der Waals surface area contributed by atoms with Crippen LogP contribution in [0.4, 0.5) is 18.9 Å². The maximum atomic E-state index is 13.3. The van der Waals surface area contributed by atoms with Crippen LogP contribution in [0.5, 0.6) is 0 Å². The zero-order valence-corrected chi connectivity index (χ0v) is 12.3. The minimum atomic E-state index is -4.34. The summed E-state index contributed by atoms with van der Waals surface area (Å²) in [5, 5.41) is 0. The molecule has 0 saturated heterocycles. The lowest BCUT2D eigenvalue weighted by Gasteiger charge is -2.32. The van der Waals surface area contributed by atoms with E-state index in [2.05, 4.69) is 0 Å². The fourth-order valence-electron chi connectivity index (χ4n) is 2.98. The first-order valence-electron chi connectivity index (χ1n) is 7.00. The highest BCUT2D eigenvalue weighted by atomic mass is 35.5. The molecule has 1 aliphatic rings. The van der Waals surface area contributed by atoms with Gasteiger partial charge in [-0.1, -0.05) is 18.9 Å². The lowest BCUT2D eigenvalue weighted by molar-refractivity contribution is -0.137. The van der Waals surface area contributed by atoms with E-state index in [1.165, 1.54) is 6.07 Å². The van der Waals surface area contributed by atoms with Crippen LogP contribution in [0.25, 0.3) is 0 Å². The molecule has 1 aromatic rings. The highest BCUT2D eigenvalue weighted by Gasteiger charge is 2.36. The van der Waals surface area contributed by atoms with E-state index in [1.54, 1.807) is 12.1 Å². The molecule has 1 saturated carbocycles. The van der Waals surface area contributed by atoms with Gasteiger partial charge in [0.15, 0.2) is 0 Å². The maximum Gasteiger partial charge on any atom is 0.418 e. The first-order valence-corrected chi connectivity index (χ1v) is 7.53. The minimum absolute atomic E-state index is 0.0961. The average Bonchev–Trinajstić information content (AvgIpc) is 2.92. The van der Waals surface area contributed by atoms with Crippen molar-refractivity contribution in [1.82, 2.24) is 0 Å². The molecule has 1 aliphatic carbocycles. The molecule has 0 aromatic heterocycles. The van der Waals surface area contributed by atoms with Crippen molar-refractivity contribution >= 4 is 17.3 Å². The van der Waals surface area contributed by atoms with Crippen LogP contribution in [-0.2, 0) is 12.1 Å². The van der Waals surface area contributed by atoms with Crippen molar-refractivity contribution in [2.24, 2.45) is 0 Å². The molecule has 20 heavy (non-hydrogen) atoms. The number of rotatable bonds is 4. The summed E-state index contributed by atoms with van der Waals surface area (Å²) in [6, 6.07) is 4.67. The van der Waals surface area contributed by atoms with Crippen molar-refractivity contribution in [2.75, 3.05) is 11.4 Å². The molecule has 0 radical (unpaired) electrons. The molecule has 0 unspecified atom stereocenters. The van der Waals surface area contributed by atoms with Gasteiger partial charge in [0, 0.05) is 24.2 Å². The summed E-state index contributed by atoms with van der Waals surface area (Å²) in [5.41, 5.74) is 0.232. The summed E-state index contributed by atoms with van der Waals surface area (Å²) in [7, 11) is 0. The first-order chi connectivity index (χ1) is 9.47. The number of hydrogen-bond acceptors (Lipinski definition) is 1. The molecule has 2 rings (SSSR count). The second kappa shape index (κ2) is 6.25. The Labute approximate surface area is 122 Å². The largest absolute Gasteiger partial charge is 0.418 e. The van der Waals surface area contributed by atoms with Crippen LogP contribution in [-0.4, -0.2) is 12.6 Å². The van der Waals surface area contributed by atoms with Crippen LogP contribution in [0.2, 0.25) is 0 Å². The summed E-state index contributed by atoms with van der Waals surface area (Å²) >= 11 is 5.66. The zero-order chi connectivity index (χ0) is 14.8. The monoisotopic (exact) mass is 305 g/mol. The van der Waals surface area contributed by atoms with Crippen LogP contribution in [0, 0.1) is 0 Å². The SMILES string of the molecule is CCN(c1ccc(CCl)cc1C(F)(F)F)C1CCCC1. The summed E-state index contributed by atoms with van der Waals surface area (Å²) in [4.78, 5) is 1.90. The molecule has 0 spiro atoms. The molecule has 5 heteroatoms. The lowest BCUT2D eigenvalue weighted by atomic mass is 10.1. The van der Waals surface area contributed by atoms with E-state index >= 15 is 0 Å². The molecule has 0 bridgehead atoms. The Morgan fingerprint density at radius 2 is 1.90 bits per heavy atom. The van der Waals surface area contributed by atoms with Crippen molar-refractivity contribution < 1.29 is 13.2 Å². The van der Waals surface area contributed by atoms with E-state index in [-0.39, 0.29) is 11.9 Å².